The maximum atomic E-state index is 11.3. The van der Waals surface area contributed by atoms with Crippen molar-refractivity contribution in [2.75, 3.05) is 26.0 Å². The Bertz CT molecular complexity index is 223. The summed E-state index contributed by atoms with van der Waals surface area (Å²) in [6.07, 6.45) is 0.0360. The summed E-state index contributed by atoms with van der Waals surface area (Å²) >= 11 is 0. The molecule has 0 unspecified atom stereocenters. The minimum atomic E-state index is -2.51. The molecule has 0 fully saturated rings. The van der Waals surface area contributed by atoms with Gasteiger partial charge in [0.1, 0.15) is 0 Å². The normalized spacial score (nSPS) is 12.3. The summed E-state index contributed by atoms with van der Waals surface area (Å²) < 4.78 is 15.3. The number of carbonyl (C=O) groups is 2. The van der Waals surface area contributed by atoms with Gasteiger partial charge in [-0.15, -0.1) is 0 Å². The van der Waals surface area contributed by atoms with Gasteiger partial charge in [0.15, 0.2) is 0 Å². The first kappa shape index (κ1) is 14.5. The fourth-order valence-corrected chi connectivity index (χ4v) is 3.32. The summed E-state index contributed by atoms with van der Waals surface area (Å²) in [6, 6.07) is 0. The summed E-state index contributed by atoms with van der Waals surface area (Å²) in [7, 11) is -2.51. The van der Waals surface area contributed by atoms with Crippen molar-refractivity contribution in [3.63, 3.8) is 0 Å². The van der Waals surface area contributed by atoms with Crippen LogP contribution in [0.25, 0.3) is 0 Å². The minimum absolute atomic E-state index is 0.0360. The fraction of sp³-hybridized carbons (Fsp3) is 0.778. The van der Waals surface area contributed by atoms with Crippen LogP contribution in [0.4, 0.5) is 0 Å². The number of ether oxygens (including phenoxy) is 1. The second-order valence-corrected chi connectivity index (χ2v) is 6.34. The van der Waals surface area contributed by atoms with Crippen LogP contribution in [0.15, 0.2) is 0 Å². The van der Waals surface area contributed by atoms with Gasteiger partial charge in [0.05, 0.1) is 0 Å². The third-order valence-corrected chi connectivity index (χ3v) is 4.35. The van der Waals surface area contributed by atoms with E-state index in [2.05, 4.69) is 4.74 Å². The molecule has 6 heteroatoms. The van der Waals surface area contributed by atoms with E-state index in [1.807, 2.05) is 13.8 Å². The monoisotopic (exact) mass is 238 g/mol. The first-order chi connectivity index (χ1) is 6.93. The Morgan fingerprint density at radius 1 is 1.13 bits per heavy atom. The number of hydrogen-bond donors (Lipinski definition) is 0. The summed E-state index contributed by atoms with van der Waals surface area (Å²) in [6.45, 7) is 7.60. The Kier molecular flexibility index (Phi) is 6.65. The molecular weight excluding hydrogens is 219 g/mol. The molecule has 0 aromatic carbocycles. The van der Waals surface area contributed by atoms with Gasteiger partial charge in [-0.1, -0.05) is 0 Å². The second-order valence-electron chi connectivity index (χ2n) is 3.14. The molecule has 0 saturated carbocycles. The van der Waals surface area contributed by atoms with Gasteiger partial charge < -0.3 is 0 Å². The van der Waals surface area contributed by atoms with Crippen molar-refractivity contribution in [3.05, 3.63) is 0 Å². The molecule has 0 aliphatic heterocycles. The van der Waals surface area contributed by atoms with E-state index in [9.17, 15) is 9.59 Å². The van der Waals surface area contributed by atoms with Crippen LogP contribution < -0.4 is 0 Å². The molecule has 0 radical (unpaired) electrons. The van der Waals surface area contributed by atoms with Crippen molar-refractivity contribution in [3.8, 4) is 0 Å². The van der Waals surface area contributed by atoms with Crippen LogP contribution in [-0.2, 0) is 23.4 Å². The van der Waals surface area contributed by atoms with Crippen LogP contribution in [-0.4, -0.2) is 38.0 Å². The number of esters is 2. The molecule has 0 rings (SSSR count). The van der Waals surface area contributed by atoms with Crippen molar-refractivity contribution in [2.24, 2.45) is 0 Å². The predicted molar refractivity (Wildman–Crippen MR) is 59.1 cm³/mol. The van der Waals surface area contributed by atoms with Crippen molar-refractivity contribution in [1.29, 1.82) is 0 Å². The Hall–Kier alpha value is -0.510. The average Bonchev–Trinajstić information content (AvgIpc) is 2.01. The molecule has 0 aliphatic carbocycles. The van der Waals surface area contributed by atoms with Crippen molar-refractivity contribution in [1.82, 2.24) is 0 Å². The number of hydrogen-bond acceptors (Lipinski definition) is 5. The maximum absolute atomic E-state index is 11.3. The van der Waals surface area contributed by atoms with Crippen molar-refractivity contribution >= 4 is 19.7 Å². The SMILES string of the molecule is CCO[PH](C)(CC(=O)OC(C)=O)OCC. The van der Waals surface area contributed by atoms with E-state index < -0.39 is 19.7 Å². The first-order valence-corrected chi connectivity index (χ1v) is 7.45. The summed E-state index contributed by atoms with van der Waals surface area (Å²) in [5, 5.41) is 0. The van der Waals surface area contributed by atoms with E-state index in [0.717, 1.165) is 0 Å². The zero-order valence-electron chi connectivity index (χ0n) is 9.66. The second kappa shape index (κ2) is 6.88. The van der Waals surface area contributed by atoms with Gasteiger partial charge in [0.2, 0.25) is 0 Å². The van der Waals surface area contributed by atoms with Gasteiger partial charge in [-0.3, -0.25) is 0 Å². The van der Waals surface area contributed by atoms with E-state index in [-0.39, 0.29) is 6.16 Å². The molecule has 90 valence electrons. The summed E-state index contributed by atoms with van der Waals surface area (Å²) in [5.74, 6) is -1.19. The molecule has 0 N–H and O–H groups in total. The number of carbonyl (C=O) groups excluding carboxylic acids is 2. The Balaban J connectivity index is 4.26. The summed E-state index contributed by atoms with van der Waals surface area (Å²) in [5.41, 5.74) is 0. The third-order valence-electron chi connectivity index (χ3n) is 1.62. The van der Waals surface area contributed by atoms with Gasteiger partial charge in [-0.05, 0) is 0 Å². The molecule has 0 saturated heterocycles. The molecule has 0 aromatic heterocycles. The van der Waals surface area contributed by atoms with Gasteiger partial charge in [-0.25, -0.2) is 0 Å². The predicted octanol–water partition coefficient (Wildman–Crippen LogP) is 1.36. The van der Waals surface area contributed by atoms with Crippen molar-refractivity contribution in [2.45, 2.75) is 20.8 Å². The van der Waals surface area contributed by atoms with Gasteiger partial charge in [0, 0.05) is 0 Å². The molecule has 0 aromatic rings. The van der Waals surface area contributed by atoms with Gasteiger partial charge in [0.25, 0.3) is 0 Å². The van der Waals surface area contributed by atoms with Gasteiger partial charge >= 0.3 is 89.8 Å². The Labute approximate surface area is 90.6 Å². The van der Waals surface area contributed by atoms with Gasteiger partial charge in [-0.2, -0.15) is 0 Å². The standard InChI is InChI=1S/C9H19O5P/c1-5-12-15(4,13-6-2)7-9(11)14-8(3)10/h15H,5-7H2,1-4H3. The summed E-state index contributed by atoms with van der Waals surface area (Å²) in [4.78, 5) is 21.8. The van der Waals surface area contributed by atoms with Crippen LogP contribution in [0.5, 0.6) is 0 Å². The van der Waals surface area contributed by atoms with E-state index in [0.29, 0.717) is 13.2 Å². The molecule has 0 bridgehead atoms. The van der Waals surface area contributed by atoms with E-state index >= 15 is 0 Å². The molecule has 0 spiro atoms. The quantitative estimate of drug-likeness (QED) is 0.397. The molecule has 0 heterocycles. The topological polar surface area (TPSA) is 61.8 Å². The fourth-order valence-electron chi connectivity index (χ4n) is 1.21. The average molecular weight is 238 g/mol. The first-order valence-electron chi connectivity index (χ1n) is 4.92. The Morgan fingerprint density at radius 3 is 1.93 bits per heavy atom. The van der Waals surface area contributed by atoms with Crippen molar-refractivity contribution < 1.29 is 23.4 Å². The zero-order chi connectivity index (χ0) is 11.9. The van der Waals surface area contributed by atoms with E-state index in [1.165, 1.54) is 6.92 Å². The van der Waals surface area contributed by atoms with Crippen LogP contribution in [0.1, 0.15) is 20.8 Å². The van der Waals surface area contributed by atoms with Crippen LogP contribution in [0.2, 0.25) is 0 Å². The van der Waals surface area contributed by atoms with E-state index in [1.54, 1.807) is 6.66 Å². The Morgan fingerprint density at radius 2 is 1.60 bits per heavy atom. The molecule has 15 heavy (non-hydrogen) atoms. The van der Waals surface area contributed by atoms with Crippen LogP contribution >= 0.6 is 7.72 Å². The van der Waals surface area contributed by atoms with Crippen LogP contribution in [0, 0.1) is 0 Å². The van der Waals surface area contributed by atoms with Crippen LogP contribution in [0.3, 0.4) is 0 Å². The van der Waals surface area contributed by atoms with E-state index in [4.69, 9.17) is 9.05 Å². The number of rotatable bonds is 6. The molecule has 0 amide bonds. The third kappa shape index (κ3) is 6.55. The molecule has 0 aliphatic rings. The molecular formula is C9H19O5P. The molecule has 5 nitrogen and oxygen atoms in total. The molecule has 0 atom stereocenters. The zero-order valence-corrected chi connectivity index (χ0v) is 10.7.